The molecule has 2 heterocycles. The number of rotatable bonds is 3. The Labute approximate surface area is 265 Å². The fourth-order valence-corrected chi connectivity index (χ4v) is 11.6. The molecule has 4 saturated carbocycles. The summed E-state index contributed by atoms with van der Waals surface area (Å²) in [4.78, 5) is 2.81. The first-order valence-electron chi connectivity index (χ1n) is 16.7. The summed E-state index contributed by atoms with van der Waals surface area (Å²) in [5, 5.41) is 10.5. The second kappa shape index (κ2) is 8.89. The van der Waals surface area contributed by atoms with E-state index in [-0.39, 0.29) is 5.54 Å². The highest BCUT2D eigenvalue weighted by Crippen LogP contribution is 2.61. The van der Waals surface area contributed by atoms with Crippen molar-refractivity contribution in [3.8, 4) is 0 Å². The average Bonchev–Trinajstić information content (AvgIpc) is 3.63. The van der Waals surface area contributed by atoms with E-state index < -0.39 is 0 Å². The number of furan rings is 1. The van der Waals surface area contributed by atoms with Gasteiger partial charge in [0.25, 0.3) is 0 Å². The van der Waals surface area contributed by atoms with Crippen molar-refractivity contribution in [2.75, 3.05) is 4.90 Å². The van der Waals surface area contributed by atoms with Crippen LogP contribution < -0.4 is 4.90 Å². The maximum Gasteiger partial charge on any atom is 0.160 e. The minimum Gasteiger partial charge on any atom is -0.454 e. The SMILES string of the molecule is c1ccc2c(c1)ccc1cc(N(c3cc4c5ccccc5sc4c4c3oc3ccccc34)C34CC5CC(CC(C5)C3)C4)ccc12. The van der Waals surface area contributed by atoms with Gasteiger partial charge in [-0.05, 0) is 108 Å². The summed E-state index contributed by atoms with van der Waals surface area (Å²) in [5.41, 5.74) is 4.68. The minimum atomic E-state index is 0.102. The second-order valence-electron chi connectivity index (χ2n) is 14.3. The molecule has 0 spiro atoms. The van der Waals surface area contributed by atoms with E-state index >= 15 is 0 Å². The molecule has 2 nitrogen and oxygen atoms in total. The molecule has 4 aliphatic carbocycles. The zero-order valence-electron chi connectivity index (χ0n) is 25.1. The maximum absolute atomic E-state index is 6.96. The molecular formula is C42H33NOS. The van der Waals surface area contributed by atoms with Crippen LogP contribution in [-0.2, 0) is 0 Å². The Morgan fingerprint density at radius 1 is 0.600 bits per heavy atom. The monoisotopic (exact) mass is 599 g/mol. The molecule has 0 radical (unpaired) electrons. The van der Waals surface area contributed by atoms with Crippen molar-refractivity contribution in [1.29, 1.82) is 0 Å². The highest BCUT2D eigenvalue weighted by Gasteiger charge is 2.54. The fraction of sp³-hybridized carbons (Fsp3) is 0.238. The molecule has 12 rings (SSSR count). The Balaban J connectivity index is 1.25. The third-order valence-electron chi connectivity index (χ3n) is 11.7. The van der Waals surface area contributed by atoms with Crippen molar-refractivity contribution < 1.29 is 4.42 Å². The molecule has 0 unspecified atom stereocenters. The molecule has 0 amide bonds. The van der Waals surface area contributed by atoms with Gasteiger partial charge >= 0.3 is 0 Å². The molecule has 0 N–H and O–H groups in total. The smallest absolute Gasteiger partial charge is 0.160 e. The Hall–Kier alpha value is -4.34. The molecule has 4 fully saturated rings. The van der Waals surface area contributed by atoms with Crippen molar-refractivity contribution in [1.82, 2.24) is 0 Å². The van der Waals surface area contributed by atoms with Crippen LogP contribution in [0.2, 0.25) is 0 Å². The summed E-state index contributed by atoms with van der Waals surface area (Å²) in [6, 6.07) is 40.8. The van der Waals surface area contributed by atoms with Crippen LogP contribution in [0.25, 0.3) is 63.7 Å². The summed E-state index contributed by atoms with van der Waals surface area (Å²) in [7, 11) is 0. The minimum absolute atomic E-state index is 0.102. The van der Waals surface area contributed by atoms with Gasteiger partial charge in [0, 0.05) is 42.2 Å². The van der Waals surface area contributed by atoms with Gasteiger partial charge in [-0.3, -0.25) is 0 Å². The standard InChI is InChI=1S/C42H33NOS/c1-2-8-31-28(7-1)13-14-29-20-30(15-16-32(29)31)43(42-22-25-17-26(23-42)19-27(18-25)24-42)36-21-35-33-9-4-6-12-38(33)45-41(35)39-34-10-3-5-11-37(34)44-40(36)39/h1-16,20-21,25-27H,17-19,22-24H2. The predicted octanol–water partition coefficient (Wildman–Crippen LogP) is 12.4. The van der Waals surface area contributed by atoms with Crippen molar-refractivity contribution in [3.05, 3.63) is 109 Å². The van der Waals surface area contributed by atoms with Crippen LogP contribution in [0.4, 0.5) is 11.4 Å². The van der Waals surface area contributed by atoms with Crippen LogP contribution in [0.3, 0.4) is 0 Å². The lowest BCUT2D eigenvalue weighted by atomic mass is 9.52. The topological polar surface area (TPSA) is 16.4 Å². The first-order valence-corrected chi connectivity index (χ1v) is 17.5. The highest BCUT2D eigenvalue weighted by atomic mass is 32.1. The van der Waals surface area contributed by atoms with Gasteiger partial charge < -0.3 is 9.32 Å². The van der Waals surface area contributed by atoms with E-state index in [9.17, 15) is 0 Å². The van der Waals surface area contributed by atoms with Gasteiger partial charge in [0.1, 0.15) is 5.58 Å². The summed E-state index contributed by atoms with van der Waals surface area (Å²) in [5.74, 6) is 2.50. The molecule has 3 heteroatoms. The molecule has 8 aromatic rings. The van der Waals surface area contributed by atoms with Crippen LogP contribution in [0, 0.1) is 17.8 Å². The lowest BCUT2D eigenvalue weighted by Gasteiger charge is -2.61. The third-order valence-corrected chi connectivity index (χ3v) is 12.9. The van der Waals surface area contributed by atoms with Crippen LogP contribution in [-0.4, -0.2) is 5.54 Å². The van der Waals surface area contributed by atoms with E-state index in [1.165, 1.54) is 102 Å². The van der Waals surface area contributed by atoms with Gasteiger partial charge in [-0.1, -0.05) is 78.9 Å². The second-order valence-corrected chi connectivity index (χ2v) is 15.4. The van der Waals surface area contributed by atoms with E-state index in [2.05, 4.69) is 114 Å². The molecule has 0 atom stereocenters. The van der Waals surface area contributed by atoms with Gasteiger partial charge in [-0.15, -0.1) is 11.3 Å². The summed E-state index contributed by atoms with van der Waals surface area (Å²) < 4.78 is 9.65. The molecule has 218 valence electrons. The number of benzene rings is 6. The fourth-order valence-electron chi connectivity index (χ4n) is 10.4. The number of para-hydroxylation sites is 1. The van der Waals surface area contributed by atoms with Crippen molar-refractivity contribution in [2.45, 2.75) is 44.1 Å². The van der Waals surface area contributed by atoms with E-state index in [1.807, 2.05) is 11.3 Å². The van der Waals surface area contributed by atoms with Crippen molar-refractivity contribution in [3.63, 3.8) is 0 Å². The summed E-state index contributed by atoms with van der Waals surface area (Å²) in [6.07, 6.45) is 8.10. The molecule has 6 aromatic carbocycles. The van der Waals surface area contributed by atoms with Crippen LogP contribution in [0.5, 0.6) is 0 Å². The molecule has 0 saturated heterocycles. The number of hydrogen-bond acceptors (Lipinski definition) is 3. The number of nitrogens with zero attached hydrogens (tertiary/aromatic N) is 1. The molecule has 4 aliphatic rings. The Morgan fingerprint density at radius 2 is 1.27 bits per heavy atom. The van der Waals surface area contributed by atoms with E-state index in [4.69, 9.17) is 4.42 Å². The Kier molecular flexibility index (Phi) is 4.92. The molecule has 4 bridgehead atoms. The van der Waals surface area contributed by atoms with Crippen molar-refractivity contribution in [2.24, 2.45) is 17.8 Å². The lowest BCUT2D eigenvalue weighted by Crippen LogP contribution is -2.58. The number of fused-ring (bicyclic) bond motifs is 10. The molecular weight excluding hydrogens is 567 g/mol. The van der Waals surface area contributed by atoms with E-state index in [0.717, 1.165) is 28.9 Å². The first kappa shape index (κ1) is 24.9. The predicted molar refractivity (Wildman–Crippen MR) is 191 cm³/mol. The highest BCUT2D eigenvalue weighted by molar-refractivity contribution is 7.26. The molecule has 2 aromatic heterocycles. The molecule has 45 heavy (non-hydrogen) atoms. The maximum atomic E-state index is 6.96. The third kappa shape index (κ3) is 3.45. The number of anilines is 2. The molecule has 0 aliphatic heterocycles. The quantitative estimate of drug-likeness (QED) is 0.188. The normalized spacial score (nSPS) is 24.2. The van der Waals surface area contributed by atoms with E-state index in [1.54, 1.807) is 0 Å². The van der Waals surface area contributed by atoms with E-state index in [0.29, 0.717) is 0 Å². The van der Waals surface area contributed by atoms with Gasteiger partial charge in [0.15, 0.2) is 5.58 Å². The zero-order valence-corrected chi connectivity index (χ0v) is 25.9. The van der Waals surface area contributed by atoms with Gasteiger partial charge in [-0.2, -0.15) is 0 Å². The van der Waals surface area contributed by atoms with Crippen LogP contribution >= 0.6 is 11.3 Å². The average molecular weight is 600 g/mol. The Morgan fingerprint density at radius 3 is 2.09 bits per heavy atom. The number of hydrogen-bond donors (Lipinski definition) is 0. The van der Waals surface area contributed by atoms with Gasteiger partial charge in [-0.25, -0.2) is 0 Å². The summed E-state index contributed by atoms with van der Waals surface area (Å²) in [6.45, 7) is 0. The number of thiophene rings is 1. The largest absolute Gasteiger partial charge is 0.454 e. The van der Waals surface area contributed by atoms with Crippen LogP contribution in [0.15, 0.2) is 114 Å². The van der Waals surface area contributed by atoms with Gasteiger partial charge in [0.2, 0.25) is 0 Å². The zero-order chi connectivity index (χ0) is 29.3. The Bertz CT molecular complexity index is 2460. The van der Waals surface area contributed by atoms with Crippen molar-refractivity contribution >= 4 is 86.4 Å². The lowest BCUT2D eigenvalue weighted by molar-refractivity contribution is 0.000608. The summed E-state index contributed by atoms with van der Waals surface area (Å²) >= 11 is 1.91. The van der Waals surface area contributed by atoms with Gasteiger partial charge in [0.05, 0.1) is 5.69 Å². The van der Waals surface area contributed by atoms with Crippen LogP contribution in [0.1, 0.15) is 38.5 Å². The first-order chi connectivity index (χ1) is 22.2.